The van der Waals surface area contributed by atoms with E-state index in [-0.39, 0.29) is 11.5 Å². The van der Waals surface area contributed by atoms with Gasteiger partial charge in [0.2, 0.25) is 5.91 Å². The van der Waals surface area contributed by atoms with Crippen molar-refractivity contribution in [3.63, 3.8) is 0 Å². The summed E-state index contributed by atoms with van der Waals surface area (Å²) in [6.45, 7) is 8.42. The van der Waals surface area contributed by atoms with Crippen LogP contribution in [0.2, 0.25) is 0 Å². The Kier molecular flexibility index (Phi) is 4.48. The largest absolute Gasteiger partial charge is 0.376 e. The lowest BCUT2D eigenvalue weighted by Crippen LogP contribution is -2.61. The van der Waals surface area contributed by atoms with Crippen LogP contribution in [0, 0.1) is 0 Å². The summed E-state index contributed by atoms with van der Waals surface area (Å²) in [4.78, 5) is 14.7. The topological polar surface area (TPSA) is 53.6 Å². The number of hydrogen-bond donors (Lipinski definition) is 2. The average molecular weight is 269 g/mol. The molecule has 0 unspecified atom stereocenters. The fraction of sp³-hybridized carbons (Fsp3) is 0.929. The predicted octanol–water partition coefficient (Wildman–Crippen LogP) is 0.356. The first-order valence-corrected chi connectivity index (χ1v) is 7.29. The fourth-order valence-corrected chi connectivity index (χ4v) is 2.85. The van der Waals surface area contributed by atoms with Crippen LogP contribution in [-0.2, 0) is 9.53 Å². The second-order valence-corrected chi connectivity index (χ2v) is 6.22. The quantitative estimate of drug-likeness (QED) is 0.756. The molecule has 1 aliphatic heterocycles. The first-order valence-electron chi connectivity index (χ1n) is 7.29. The molecule has 110 valence electrons. The number of rotatable bonds is 5. The molecule has 1 aliphatic carbocycles. The third-order valence-electron chi connectivity index (χ3n) is 4.73. The van der Waals surface area contributed by atoms with E-state index in [9.17, 15) is 4.79 Å². The standard InChI is InChI=1S/C14H27N3O2/c1-13(2,17-9-7-15-8-10-17)12(18)16-11-14(19-3)5-4-6-14/h15H,4-11H2,1-3H3,(H,16,18). The number of nitrogens with zero attached hydrogens (tertiary/aromatic N) is 1. The molecule has 1 saturated heterocycles. The molecular formula is C14H27N3O2. The molecule has 1 saturated carbocycles. The molecule has 1 amide bonds. The van der Waals surface area contributed by atoms with Crippen LogP contribution in [0.15, 0.2) is 0 Å². The first kappa shape index (κ1) is 14.8. The van der Waals surface area contributed by atoms with Crippen molar-refractivity contribution in [1.29, 1.82) is 0 Å². The van der Waals surface area contributed by atoms with Gasteiger partial charge in [0, 0.05) is 39.8 Å². The van der Waals surface area contributed by atoms with Crippen molar-refractivity contribution >= 4 is 5.91 Å². The van der Waals surface area contributed by atoms with Crippen molar-refractivity contribution in [3.8, 4) is 0 Å². The van der Waals surface area contributed by atoms with E-state index in [1.165, 1.54) is 6.42 Å². The third-order valence-corrected chi connectivity index (χ3v) is 4.73. The van der Waals surface area contributed by atoms with Gasteiger partial charge in [-0.05, 0) is 33.1 Å². The summed E-state index contributed by atoms with van der Waals surface area (Å²) in [6, 6.07) is 0. The molecule has 5 nitrogen and oxygen atoms in total. The van der Waals surface area contributed by atoms with Crippen LogP contribution < -0.4 is 10.6 Å². The lowest BCUT2D eigenvalue weighted by atomic mass is 9.80. The highest BCUT2D eigenvalue weighted by molar-refractivity contribution is 5.85. The number of ether oxygens (including phenoxy) is 1. The van der Waals surface area contributed by atoms with Gasteiger partial charge in [0.15, 0.2) is 0 Å². The zero-order valence-corrected chi connectivity index (χ0v) is 12.4. The van der Waals surface area contributed by atoms with E-state index in [0.29, 0.717) is 6.54 Å². The fourth-order valence-electron chi connectivity index (χ4n) is 2.85. The van der Waals surface area contributed by atoms with Gasteiger partial charge in [-0.25, -0.2) is 0 Å². The Hall–Kier alpha value is -0.650. The molecule has 2 rings (SSSR count). The van der Waals surface area contributed by atoms with Gasteiger partial charge in [-0.3, -0.25) is 9.69 Å². The lowest BCUT2D eigenvalue weighted by Gasteiger charge is -2.43. The third kappa shape index (κ3) is 3.09. The molecule has 0 aromatic rings. The van der Waals surface area contributed by atoms with E-state index < -0.39 is 5.54 Å². The maximum Gasteiger partial charge on any atom is 0.240 e. The van der Waals surface area contributed by atoms with Gasteiger partial charge in [0.25, 0.3) is 0 Å². The summed E-state index contributed by atoms with van der Waals surface area (Å²) in [5.74, 6) is 0.109. The number of methoxy groups -OCH3 is 1. The number of carbonyl (C=O) groups excluding carboxylic acids is 1. The van der Waals surface area contributed by atoms with Gasteiger partial charge in [0.1, 0.15) is 0 Å². The van der Waals surface area contributed by atoms with Gasteiger partial charge < -0.3 is 15.4 Å². The number of carbonyl (C=O) groups is 1. The molecule has 2 N–H and O–H groups in total. The highest BCUT2D eigenvalue weighted by Crippen LogP contribution is 2.34. The zero-order chi connectivity index (χ0) is 13.9. The Balaban J connectivity index is 1.87. The summed E-state index contributed by atoms with van der Waals surface area (Å²) < 4.78 is 5.54. The summed E-state index contributed by atoms with van der Waals surface area (Å²) in [7, 11) is 1.74. The minimum Gasteiger partial charge on any atom is -0.376 e. The van der Waals surface area contributed by atoms with Crippen molar-refractivity contribution < 1.29 is 9.53 Å². The Labute approximate surface area is 116 Å². The van der Waals surface area contributed by atoms with Crippen molar-refractivity contribution in [1.82, 2.24) is 15.5 Å². The van der Waals surface area contributed by atoms with Crippen LogP contribution in [0.4, 0.5) is 0 Å². The van der Waals surface area contributed by atoms with E-state index in [4.69, 9.17) is 4.74 Å². The maximum atomic E-state index is 12.4. The van der Waals surface area contributed by atoms with E-state index in [0.717, 1.165) is 39.0 Å². The Morgan fingerprint density at radius 2 is 2.00 bits per heavy atom. The monoisotopic (exact) mass is 269 g/mol. The van der Waals surface area contributed by atoms with Crippen LogP contribution in [0.1, 0.15) is 33.1 Å². The Morgan fingerprint density at radius 1 is 1.37 bits per heavy atom. The summed E-state index contributed by atoms with van der Waals surface area (Å²) >= 11 is 0. The number of hydrogen-bond acceptors (Lipinski definition) is 4. The van der Waals surface area contributed by atoms with Crippen LogP contribution in [-0.4, -0.2) is 61.8 Å². The minimum absolute atomic E-state index is 0.102. The molecule has 0 aromatic carbocycles. The molecule has 19 heavy (non-hydrogen) atoms. The number of amides is 1. The van der Waals surface area contributed by atoms with Gasteiger partial charge in [0.05, 0.1) is 11.1 Å². The molecular weight excluding hydrogens is 242 g/mol. The van der Waals surface area contributed by atoms with Crippen molar-refractivity contribution in [2.45, 2.75) is 44.2 Å². The molecule has 0 spiro atoms. The highest BCUT2D eigenvalue weighted by Gasteiger charge is 2.40. The predicted molar refractivity (Wildman–Crippen MR) is 75.1 cm³/mol. The smallest absolute Gasteiger partial charge is 0.240 e. The normalized spacial score (nSPS) is 23.7. The molecule has 5 heteroatoms. The second-order valence-electron chi connectivity index (χ2n) is 6.22. The molecule has 0 atom stereocenters. The second kappa shape index (κ2) is 5.77. The van der Waals surface area contributed by atoms with Gasteiger partial charge in [-0.1, -0.05) is 0 Å². The maximum absolute atomic E-state index is 12.4. The van der Waals surface area contributed by atoms with Gasteiger partial charge in [-0.2, -0.15) is 0 Å². The highest BCUT2D eigenvalue weighted by atomic mass is 16.5. The zero-order valence-electron chi connectivity index (χ0n) is 12.4. The van der Waals surface area contributed by atoms with Crippen molar-refractivity contribution in [2.24, 2.45) is 0 Å². The molecule has 0 aromatic heterocycles. The van der Waals surface area contributed by atoms with Gasteiger partial charge in [-0.15, -0.1) is 0 Å². The van der Waals surface area contributed by atoms with Crippen molar-refractivity contribution in [3.05, 3.63) is 0 Å². The van der Waals surface area contributed by atoms with E-state index >= 15 is 0 Å². The van der Waals surface area contributed by atoms with Crippen LogP contribution >= 0.6 is 0 Å². The van der Waals surface area contributed by atoms with Gasteiger partial charge >= 0.3 is 0 Å². The molecule has 1 heterocycles. The van der Waals surface area contributed by atoms with Crippen LogP contribution in [0.25, 0.3) is 0 Å². The number of piperazine rings is 1. The molecule has 0 radical (unpaired) electrons. The lowest BCUT2D eigenvalue weighted by molar-refractivity contribution is -0.135. The van der Waals surface area contributed by atoms with Crippen molar-refractivity contribution in [2.75, 3.05) is 39.8 Å². The molecule has 2 fully saturated rings. The van der Waals surface area contributed by atoms with E-state index in [2.05, 4.69) is 15.5 Å². The summed E-state index contributed by atoms with van der Waals surface area (Å²) in [5.41, 5.74) is -0.546. The van der Waals surface area contributed by atoms with E-state index in [1.807, 2.05) is 13.8 Å². The average Bonchev–Trinajstić information content (AvgIpc) is 2.38. The summed E-state index contributed by atoms with van der Waals surface area (Å²) in [5, 5.41) is 6.40. The number of nitrogens with one attached hydrogen (secondary N) is 2. The van der Waals surface area contributed by atoms with E-state index in [1.54, 1.807) is 7.11 Å². The van der Waals surface area contributed by atoms with Crippen LogP contribution in [0.3, 0.4) is 0 Å². The Bertz CT molecular complexity index is 315. The molecule has 2 aliphatic rings. The Morgan fingerprint density at radius 3 is 2.47 bits per heavy atom. The minimum atomic E-state index is -0.444. The molecule has 0 bridgehead atoms. The van der Waals surface area contributed by atoms with Crippen LogP contribution in [0.5, 0.6) is 0 Å². The summed E-state index contributed by atoms with van der Waals surface area (Å²) in [6.07, 6.45) is 3.31. The SMILES string of the molecule is COC1(CNC(=O)C(C)(C)N2CCNCC2)CCC1. The first-order chi connectivity index (χ1) is 9.00.